The lowest BCUT2D eigenvalue weighted by Crippen LogP contribution is -2.46. The van der Waals surface area contributed by atoms with Crippen molar-refractivity contribution < 1.29 is 4.79 Å². The Kier molecular flexibility index (Phi) is 7.04. The third kappa shape index (κ3) is 5.25. The first-order valence-electron chi connectivity index (χ1n) is 12.4. The summed E-state index contributed by atoms with van der Waals surface area (Å²) >= 11 is 0. The van der Waals surface area contributed by atoms with Crippen LogP contribution in [0.3, 0.4) is 0 Å². The predicted molar refractivity (Wildman–Crippen MR) is 131 cm³/mol. The Labute approximate surface area is 193 Å². The van der Waals surface area contributed by atoms with Crippen molar-refractivity contribution in [1.82, 2.24) is 20.2 Å². The second-order valence-corrected chi connectivity index (χ2v) is 10.5. The van der Waals surface area contributed by atoms with Crippen LogP contribution in [0, 0.1) is 30.6 Å². The molecule has 1 saturated heterocycles. The molecule has 1 fully saturated rings. The molecule has 4 rings (SSSR count). The lowest BCUT2D eigenvalue weighted by Gasteiger charge is -2.39. The van der Waals surface area contributed by atoms with E-state index in [0.29, 0.717) is 29.7 Å². The molecule has 1 aromatic heterocycles. The topological polar surface area (TPSA) is 61.0 Å². The van der Waals surface area contributed by atoms with Gasteiger partial charge < -0.3 is 15.2 Å². The van der Waals surface area contributed by atoms with E-state index >= 15 is 0 Å². The van der Waals surface area contributed by atoms with Crippen LogP contribution in [-0.2, 0) is 11.2 Å². The normalized spacial score (nSPS) is 24.9. The summed E-state index contributed by atoms with van der Waals surface area (Å²) in [4.78, 5) is 22.0. The number of carbonyl (C=O) groups is 1. The van der Waals surface area contributed by atoms with E-state index in [4.69, 9.17) is 4.98 Å². The summed E-state index contributed by atoms with van der Waals surface area (Å²) in [6.45, 7) is 13.7. The number of nitrogens with one attached hydrogen (secondary N) is 2. The fraction of sp³-hybridized carbons (Fsp3) is 0.630. The van der Waals surface area contributed by atoms with E-state index < -0.39 is 0 Å². The molecule has 3 atom stereocenters. The van der Waals surface area contributed by atoms with Crippen LogP contribution in [0.25, 0.3) is 11.0 Å². The Bertz CT molecular complexity index is 967. The lowest BCUT2D eigenvalue weighted by atomic mass is 9.69. The summed E-state index contributed by atoms with van der Waals surface area (Å²) in [5.74, 6) is 3.79. The molecule has 0 spiro atoms. The molecule has 0 unspecified atom stereocenters. The van der Waals surface area contributed by atoms with Crippen LogP contribution < -0.4 is 5.32 Å². The molecule has 0 saturated carbocycles. The zero-order chi connectivity index (χ0) is 22.8. The number of aryl methyl sites for hydroxylation is 1. The molecule has 5 heteroatoms. The first-order chi connectivity index (χ1) is 15.3. The first-order valence-corrected chi connectivity index (χ1v) is 12.4. The van der Waals surface area contributed by atoms with Gasteiger partial charge in [0, 0.05) is 39.0 Å². The number of hydrogen-bond acceptors (Lipinski definition) is 3. The minimum Gasteiger partial charge on any atom is -0.343 e. The van der Waals surface area contributed by atoms with Gasteiger partial charge >= 0.3 is 0 Å². The number of imidazole rings is 1. The van der Waals surface area contributed by atoms with E-state index in [1.54, 1.807) is 6.92 Å². The minimum absolute atomic E-state index is 0.208. The smallest absolute Gasteiger partial charge is 0.219 e. The number of H-pyrrole nitrogens is 1. The van der Waals surface area contributed by atoms with Gasteiger partial charge in [0.2, 0.25) is 5.91 Å². The summed E-state index contributed by atoms with van der Waals surface area (Å²) in [6, 6.07) is 6.97. The van der Waals surface area contributed by atoms with Crippen molar-refractivity contribution in [2.24, 2.45) is 23.7 Å². The molecule has 0 bridgehead atoms. The fourth-order valence-corrected chi connectivity index (χ4v) is 5.72. The van der Waals surface area contributed by atoms with E-state index in [9.17, 15) is 4.79 Å². The van der Waals surface area contributed by atoms with Gasteiger partial charge in [0.05, 0.1) is 11.0 Å². The number of nitrogens with zero attached hydrogens (tertiary/aromatic N) is 2. The van der Waals surface area contributed by atoms with Crippen molar-refractivity contribution in [1.29, 1.82) is 0 Å². The molecule has 1 amide bonds. The molecule has 1 aromatic carbocycles. The number of hydrogen-bond donors (Lipinski definition) is 2. The minimum atomic E-state index is 0.208. The summed E-state index contributed by atoms with van der Waals surface area (Å²) in [5, 5.41) is 3.84. The summed E-state index contributed by atoms with van der Waals surface area (Å²) in [5.41, 5.74) is 5.00. The van der Waals surface area contributed by atoms with Gasteiger partial charge in [0.25, 0.3) is 0 Å². The van der Waals surface area contributed by atoms with Gasteiger partial charge in [-0.25, -0.2) is 4.98 Å². The number of carbonyl (C=O) groups excluding carboxylic acids is 1. The third-order valence-corrected chi connectivity index (χ3v) is 7.79. The lowest BCUT2D eigenvalue weighted by molar-refractivity contribution is -0.129. The molecule has 0 radical (unpaired) electrons. The molecule has 32 heavy (non-hydrogen) atoms. The maximum Gasteiger partial charge on any atom is 0.219 e. The second-order valence-electron chi connectivity index (χ2n) is 10.5. The van der Waals surface area contributed by atoms with Gasteiger partial charge in [-0.1, -0.05) is 31.6 Å². The van der Waals surface area contributed by atoms with Crippen molar-refractivity contribution in [3.8, 4) is 0 Å². The van der Waals surface area contributed by atoms with Crippen molar-refractivity contribution in [3.63, 3.8) is 0 Å². The van der Waals surface area contributed by atoms with Crippen LogP contribution in [0.1, 0.15) is 58.3 Å². The first kappa shape index (κ1) is 23.0. The molecule has 2 N–H and O–H groups in total. The van der Waals surface area contributed by atoms with Crippen LogP contribution in [-0.4, -0.2) is 46.5 Å². The van der Waals surface area contributed by atoms with Crippen LogP contribution in [0.2, 0.25) is 0 Å². The maximum atomic E-state index is 11.6. The Balaban J connectivity index is 1.39. The highest BCUT2D eigenvalue weighted by Crippen LogP contribution is 2.38. The molecular weight excluding hydrogens is 396 g/mol. The highest BCUT2D eigenvalue weighted by atomic mass is 16.2. The number of fused-ring (bicyclic) bond motifs is 1. The average molecular weight is 437 g/mol. The predicted octanol–water partition coefficient (Wildman–Crippen LogP) is 4.87. The Morgan fingerprint density at radius 3 is 2.69 bits per heavy atom. The van der Waals surface area contributed by atoms with E-state index in [-0.39, 0.29) is 5.91 Å². The summed E-state index contributed by atoms with van der Waals surface area (Å²) in [7, 11) is 0. The third-order valence-electron chi connectivity index (χ3n) is 7.79. The Morgan fingerprint density at radius 1 is 1.25 bits per heavy atom. The number of likely N-dealkylation sites (tertiary alicyclic amines) is 1. The number of allylic oxidation sites excluding steroid dienone is 1. The van der Waals surface area contributed by atoms with Crippen molar-refractivity contribution in [3.05, 3.63) is 41.2 Å². The molecule has 1 aliphatic heterocycles. The van der Waals surface area contributed by atoms with Gasteiger partial charge in [-0.2, -0.15) is 0 Å². The van der Waals surface area contributed by atoms with Gasteiger partial charge in [-0.05, 0) is 74.5 Å². The van der Waals surface area contributed by atoms with E-state index in [0.717, 1.165) is 55.8 Å². The summed E-state index contributed by atoms with van der Waals surface area (Å²) < 4.78 is 0. The largest absolute Gasteiger partial charge is 0.343 e. The summed E-state index contributed by atoms with van der Waals surface area (Å²) in [6.07, 6.45) is 6.89. The van der Waals surface area contributed by atoms with Crippen molar-refractivity contribution >= 4 is 16.9 Å². The maximum absolute atomic E-state index is 11.6. The average Bonchev–Trinajstić information content (AvgIpc) is 3.15. The Hall–Kier alpha value is -2.14. The number of aromatic amines is 1. The molecule has 2 heterocycles. The highest BCUT2D eigenvalue weighted by molar-refractivity contribution is 5.75. The van der Waals surface area contributed by atoms with Crippen LogP contribution in [0.4, 0.5) is 0 Å². The molecule has 1 aliphatic carbocycles. The van der Waals surface area contributed by atoms with Gasteiger partial charge in [0.15, 0.2) is 0 Å². The van der Waals surface area contributed by atoms with Crippen LogP contribution >= 0.6 is 0 Å². The number of amides is 1. The highest BCUT2D eigenvalue weighted by Gasteiger charge is 2.32. The van der Waals surface area contributed by atoms with Crippen LogP contribution in [0.15, 0.2) is 29.8 Å². The Morgan fingerprint density at radius 2 is 2.00 bits per heavy atom. The number of piperidine rings is 1. The molecule has 174 valence electrons. The zero-order valence-corrected chi connectivity index (χ0v) is 20.4. The number of aromatic nitrogens is 2. The van der Waals surface area contributed by atoms with Gasteiger partial charge in [0.1, 0.15) is 5.82 Å². The van der Waals surface area contributed by atoms with Crippen molar-refractivity contribution in [2.45, 2.75) is 66.3 Å². The standard InChI is InChI=1S/C27H40N4O/c1-17(2)24-14-21(15-27-29-25-7-6-18(3)12-26(25)30-27)19(4)13-22(24)16-28-23-8-10-31(11-9-23)20(5)32/h6-7,12-13,17,21-24,28H,8-11,14-16H2,1-5H3,(H,29,30)/t21-,22-,24-/m0/s1. The number of rotatable bonds is 6. The number of benzene rings is 1. The van der Waals surface area contributed by atoms with Crippen LogP contribution in [0.5, 0.6) is 0 Å². The zero-order valence-electron chi connectivity index (χ0n) is 20.4. The molecule has 2 aliphatic rings. The van der Waals surface area contributed by atoms with E-state index in [1.807, 2.05) is 4.90 Å². The van der Waals surface area contributed by atoms with E-state index in [1.165, 1.54) is 17.6 Å². The SMILES string of the molecule is CC(=O)N1CCC(NC[C@@H]2C=C(C)[C@H](Cc3nc4ccc(C)cc4[nH]3)C[C@H]2C(C)C)CC1. The molecular formula is C27H40N4O. The molecule has 2 aromatic rings. The van der Waals surface area contributed by atoms with Crippen molar-refractivity contribution in [2.75, 3.05) is 19.6 Å². The monoisotopic (exact) mass is 436 g/mol. The second kappa shape index (κ2) is 9.78. The molecule has 5 nitrogen and oxygen atoms in total. The van der Waals surface area contributed by atoms with Gasteiger partial charge in [-0.3, -0.25) is 4.79 Å². The van der Waals surface area contributed by atoms with E-state index in [2.05, 4.69) is 62.3 Å². The fourth-order valence-electron chi connectivity index (χ4n) is 5.72. The quantitative estimate of drug-likeness (QED) is 0.635. The van der Waals surface area contributed by atoms with Gasteiger partial charge in [-0.15, -0.1) is 0 Å².